The average molecular weight is 431 g/mol. The van der Waals surface area contributed by atoms with Gasteiger partial charge in [0.25, 0.3) is 5.91 Å². The molecule has 4 aliphatic carbocycles. The van der Waals surface area contributed by atoms with E-state index < -0.39 is 11.9 Å². The molecule has 5 rings (SSSR count). The second-order valence-corrected chi connectivity index (χ2v) is 9.95. The standard InChI is InChI=1S/C24H34N2O5/c1-4-30-23(29)20-5-15(2)26(16(20)3)12-22(28)31-13-21(27)25-14-24-9-17-6-18(10-24)8-19(7-17)11-24/h5,17-19H,4,6-14H2,1-3H3,(H,25,27). The number of hydrogen-bond acceptors (Lipinski definition) is 5. The van der Waals surface area contributed by atoms with E-state index in [1.165, 1.54) is 38.5 Å². The van der Waals surface area contributed by atoms with Gasteiger partial charge in [0, 0.05) is 17.9 Å². The van der Waals surface area contributed by atoms with Crippen molar-refractivity contribution in [1.29, 1.82) is 0 Å². The van der Waals surface area contributed by atoms with E-state index >= 15 is 0 Å². The topological polar surface area (TPSA) is 86.6 Å². The van der Waals surface area contributed by atoms with Gasteiger partial charge < -0.3 is 19.4 Å². The van der Waals surface area contributed by atoms with E-state index in [2.05, 4.69) is 5.32 Å². The first-order chi connectivity index (χ1) is 14.8. The number of rotatable bonds is 8. The molecule has 0 atom stereocenters. The largest absolute Gasteiger partial charge is 0.462 e. The molecule has 1 aromatic rings. The number of ether oxygens (including phenoxy) is 2. The van der Waals surface area contributed by atoms with Crippen LogP contribution in [-0.2, 0) is 25.6 Å². The Labute approximate surface area is 183 Å². The molecule has 0 aliphatic heterocycles. The van der Waals surface area contributed by atoms with Crippen molar-refractivity contribution in [3.63, 3.8) is 0 Å². The van der Waals surface area contributed by atoms with Crippen LogP contribution < -0.4 is 5.32 Å². The van der Waals surface area contributed by atoms with Gasteiger partial charge in [-0.05, 0) is 88.5 Å². The molecule has 4 fully saturated rings. The lowest BCUT2D eigenvalue weighted by Gasteiger charge is -2.56. The first-order valence-electron chi connectivity index (χ1n) is 11.5. The molecule has 0 aromatic carbocycles. The summed E-state index contributed by atoms with van der Waals surface area (Å²) in [6.07, 6.45) is 7.82. The van der Waals surface area contributed by atoms with Crippen LogP contribution >= 0.6 is 0 Å². The zero-order valence-corrected chi connectivity index (χ0v) is 18.9. The summed E-state index contributed by atoms with van der Waals surface area (Å²) >= 11 is 0. The average Bonchev–Trinajstić information content (AvgIpc) is 2.98. The number of hydrogen-bond donors (Lipinski definition) is 1. The fourth-order valence-corrected chi connectivity index (χ4v) is 6.62. The lowest BCUT2D eigenvalue weighted by molar-refractivity contribution is -0.149. The number of nitrogens with zero attached hydrogens (tertiary/aromatic N) is 1. The number of amides is 1. The monoisotopic (exact) mass is 430 g/mol. The minimum absolute atomic E-state index is 0.0423. The molecule has 1 N–H and O–H groups in total. The van der Waals surface area contributed by atoms with E-state index in [4.69, 9.17) is 9.47 Å². The summed E-state index contributed by atoms with van der Waals surface area (Å²) in [6, 6.07) is 1.71. The van der Waals surface area contributed by atoms with Gasteiger partial charge in [-0.1, -0.05) is 0 Å². The molecular weight excluding hydrogens is 396 g/mol. The van der Waals surface area contributed by atoms with E-state index in [9.17, 15) is 14.4 Å². The number of esters is 2. The molecule has 1 amide bonds. The van der Waals surface area contributed by atoms with E-state index in [0.29, 0.717) is 24.4 Å². The van der Waals surface area contributed by atoms with Crippen LogP contribution in [0, 0.1) is 37.0 Å². The van der Waals surface area contributed by atoms with E-state index in [-0.39, 0.29) is 24.5 Å². The van der Waals surface area contributed by atoms with Crippen molar-refractivity contribution in [2.45, 2.75) is 65.8 Å². The van der Waals surface area contributed by atoms with Gasteiger partial charge in [-0.15, -0.1) is 0 Å². The van der Waals surface area contributed by atoms with E-state index in [0.717, 1.165) is 23.4 Å². The Kier molecular flexibility index (Phi) is 6.13. The number of nitrogens with one attached hydrogen (secondary N) is 1. The highest BCUT2D eigenvalue weighted by atomic mass is 16.5. The minimum atomic E-state index is -0.498. The highest BCUT2D eigenvalue weighted by Gasteiger charge is 2.50. The number of aromatic nitrogens is 1. The van der Waals surface area contributed by atoms with Crippen LogP contribution in [0.15, 0.2) is 6.07 Å². The van der Waals surface area contributed by atoms with Crippen LogP contribution in [0.3, 0.4) is 0 Å². The van der Waals surface area contributed by atoms with Crippen LogP contribution in [0.2, 0.25) is 0 Å². The van der Waals surface area contributed by atoms with E-state index in [1.54, 1.807) is 24.5 Å². The van der Waals surface area contributed by atoms with Crippen molar-refractivity contribution in [3.05, 3.63) is 23.0 Å². The number of carbonyl (C=O) groups is 3. The molecule has 0 unspecified atom stereocenters. The molecule has 4 saturated carbocycles. The van der Waals surface area contributed by atoms with Crippen LogP contribution in [0.1, 0.15) is 67.2 Å². The second-order valence-electron chi connectivity index (χ2n) is 9.95. The Morgan fingerprint density at radius 1 is 1.06 bits per heavy atom. The van der Waals surface area contributed by atoms with Gasteiger partial charge in [0.1, 0.15) is 6.54 Å². The van der Waals surface area contributed by atoms with Crippen LogP contribution in [0.4, 0.5) is 0 Å². The van der Waals surface area contributed by atoms with Crippen molar-refractivity contribution >= 4 is 17.8 Å². The van der Waals surface area contributed by atoms with Crippen LogP contribution in [-0.4, -0.2) is 42.2 Å². The Balaban J connectivity index is 1.25. The van der Waals surface area contributed by atoms with Gasteiger partial charge in [-0.3, -0.25) is 9.59 Å². The van der Waals surface area contributed by atoms with Gasteiger partial charge >= 0.3 is 11.9 Å². The molecule has 0 radical (unpaired) electrons. The van der Waals surface area contributed by atoms with Gasteiger partial charge in [-0.25, -0.2) is 4.79 Å². The number of aryl methyl sites for hydroxylation is 1. The minimum Gasteiger partial charge on any atom is -0.462 e. The Morgan fingerprint density at radius 2 is 1.68 bits per heavy atom. The van der Waals surface area contributed by atoms with Gasteiger partial charge in [0.15, 0.2) is 6.61 Å². The smallest absolute Gasteiger partial charge is 0.339 e. The van der Waals surface area contributed by atoms with Crippen LogP contribution in [0.25, 0.3) is 0 Å². The Hall–Kier alpha value is -2.31. The highest BCUT2D eigenvalue weighted by Crippen LogP contribution is 2.59. The van der Waals surface area contributed by atoms with Crippen molar-refractivity contribution in [2.75, 3.05) is 19.8 Å². The van der Waals surface area contributed by atoms with E-state index in [1.807, 2.05) is 6.92 Å². The quantitative estimate of drug-likeness (QED) is 0.640. The first-order valence-corrected chi connectivity index (χ1v) is 11.5. The maximum atomic E-state index is 12.3. The van der Waals surface area contributed by atoms with Crippen molar-refractivity contribution in [3.8, 4) is 0 Å². The zero-order chi connectivity index (χ0) is 22.2. The molecular formula is C24H34N2O5. The van der Waals surface area contributed by atoms with Crippen LogP contribution in [0.5, 0.6) is 0 Å². The summed E-state index contributed by atoms with van der Waals surface area (Å²) < 4.78 is 12.0. The van der Waals surface area contributed by atoms with Crippen molar-refractivity contribution in [2.24, 2.45) is 23.2 Å². The summed E-state index contributed by atoms with van der Waals surface area (Å²) in [5.41, 5.74) is 2.13. The highest BCUT2D eigenvalue weighted by molar-refractivity contribution is 5.91. The molecule has 1 aromatic heterocycles. The summed E-state index contributed by atoms with van der Waals surface area (Å²) in [4.78, 5) is 36.7. The third-order valence-electron chi connectivity index (χ3n) is 7.55. The third-order valence-corrected chi connectivity index (χ3v) is 7.55. The lowest BCUT2D eigenvalue weighted by Crippen LogP contribution is -2.51. The predicted molar refractivity (Wildman–Crippen MR) is 114 cm³/mol. The fourth-order valence-electron chi connectivity index (χ4n) is 6.62. The Morgan fingerprint density at radius 3 is 2.26 bits per heavy atom. The predicted octanol–water partition coefficient (Wildman–Crippen LogP) is 3.16. The molecule has 7 nitrogen and oxygen atoms in total. The molecule has 0 spiro atoms. The zero-order valence-electron chi connectivity index (χ0n) is 18.9. The maximum absolute atomic E-state index is 12.3. The second kappa shape index (κ2) is 8.67. The molecule has 7 heteroatoms. The molecule has 4 bridgehead atoms. The summed E-state index contributed by atoms with van der Waals surface area (Å²) in [7, 11) is 0. The van der Waals surface area contributed by atoms with Gasteiger partial charge in [0.2, 0.25) is 0 Å². The van der Waals surface area contributed by atoms with Gasteiger partial charge in [-0.2, -0.15) is 0 Å². The van der Waals surface area contributed by atoms with Crippen molar-refractivity contribution < 1.29 is 23.9 Å². The summed E-state index contributed by atoms with van der Waals surface area (Å²) in [5, 5.41) is 3.03. The molecule has 4 aliphatic rings. The maximum Gasteiger partial charge on any atom is 0.339 e. The number of carbonyl (C=O) groups excluding carboxylic acids is 3. The van der Waals surface area contributed by atoms with Crippen molar-refractivity contribution in [1.82, 2.24) is 9.88 Å². The van der Waals surface area contributed by atoms with Gasteiger partial charge in [0.05, 0.1) is 12.2 Å². The molecule has 31 heavy (non-hydrogen) atoms. The third kappa shape index (κ3) is 4.65. The SMILES string of the molecule is CCOC(=O)c1cc(C)n(CC(=O)OCC(=O)NCC23CC4CC(CC(C4)C2)C3)c1C. The Bertz CT molecular complexity index is 836. The normalized spacial score (nSPS) is 28.4. The summed E-state index contributed by atoms with van der Waals surface area (Å²) in [5.74, 6) is 1.38. The molecule has 0 saturated heterocycles. The first kappa shape index (κ1) is 21.9. The lowest BCUT2D eigenvalue weighted by atomic mass is 9.49. The fraction of sp³-hybridized carbons (Fsp3) is 0.708. The molecule has 170 valence electrons. The summed E-state index contributed by atoms with van der Waals surface area (Å²) in [6.45, 7) is 6.03. The molecule has 1 heterocycles.